The zero-order valence-corrected chi connectivity index (χ0v) is 14.3. The SMILES string of the molecule is O=C(Nc1cc2c(cc1Cl)OCCO2)c1ccc(N2CC=CC2)cc1. The molecule has 2 aromatic carbocycles. The fraction of sp³-hybridized carbons (Fsp3) is 0.211. The Bertz CT molecular complexity index is 825. The van der Waals surface area contributed by atoms with Crippen molar-refractivity contribution in [3.8, 4) is 11.5 Å². The summed E-state index contributed by atoms with van der Waals surface area (Å²) in [7, 11) is 0. The molecule has 2 aromatic rings. The number of benzene rings is 2. The van der Waals surface area contributed by atoms with Crippen molar-refractivity contribution in [3.05, 3.63) is 59.1 Å². The lowest BCUT2D eigenvalue weighted by molar-refractivity contribution is 0.102. The number of hydrogen-bond donors (Lipinski definition) is 1. The molecule has 1 amide bonds. The summed E-state index contributed by atoms with van der Waals surface area (Å²) in [6.45, 7) is 2.78. The second-order valence-electron chi connectivity index (χ2n) is 5.85. The quantitative estimate of drug-likeness (QED) is 0.851. The first-order valence-corrected chi connectivity index (χ1v) is 8.49. The van der Waals surface area contributed by atoms with Crippen molar-refractivity contribution in [2.45, 2.75) is 0 Å². The summed E-state index contributed by atoms with van der Waals surface area (Å²) in [6.07, 6.45) is 4.26. The van der Waals surface area contributed by atoms with Crippen LogP contribution in [0, 0.1) is 0 Å². The number of hydrogen-bond acceptors (Lipinski definition) is 4. The van der Waals surface area contributed by atoms with E-state index in [-0.39, 0.29) is 5.91 Å². The van der Waals surface area contributed by atoms with Crippen LogP contribution in [0.5, 0.6) is 11.5 Å². The highest BCUT2D eigenvalue weighted by molar-refractivity contribution is 6.34. The van der Waals surface area contributed by atoms with Gasteiger partial charge in [-0.15, -0.1) is 0 Å². The molecule has 0 unspecified atom stereocenters. The van der Waals surface area contributed by atoms with Crippen molar-refractivity contribution >= 4 is 28.9 Å². The molecule has 0 saturated carbocycles. The molecule has 1 N–H and O–H groups in total. The van der Waals surface area contributed by atoms with Gasteiger partial charge in [0.05, 0.1) is 10.7 Å². The first kappa shape index (κ1) is 15.8. The molecule has 0 atom stereocenters. The summed E-state index contributed by atoms with van der Waals surface area (Å²) in [5, 5.41) is 3.25. The number of amides is 1. The van der Waals surface area contributed by atoms with Crippen LogP contribution in [0.25, 0.3) is 0 Å². The minimum atomic E-state index is -0.218. The minimum absolute atomic E-state index is 0.218. The molecule has 0 aromatic heterocycles. The fourth-order valence-electron chi connectivity index (χ4n) is 2.87. The molecule has 2 aliphatic heterocycles. The van der Waals surface area contributed by atoms with E-state index >= 15 is 0 Å². The predicted octanol–water partition coefficient (Wildman–Crippen LogP) is 3.74. The monoisotopic (exact) mass is 356 g/mol. The van der Waals surface area contributed by atoms with Gasteiger partial charge >= 0.3 is 0 Å². The predicted molar refractivity (Wildman–Crippen MR) is 98.2 cm³/mol. The van der Waals surface area contributed by atoms with Gasteiger partial charge in [0, 0.05) is 36.5 Å². The zero-order chi connectivity index (χ0) is 17.2. The Hall–Kier alpha value is -2.66. The number of halogens is 1. The molecule has 0 bridgehead atoms. The Morgan fingerprint density at radius 1 is 1.00 bits per heavy atom. The highest BCUT2D eigenvalue weighted by Gasteiger charge is 2.17. The molecule has 0 saturated heterocycles. The van der Waals surface area contributed by atoms with Gasteiger partial charge in [0.2, 0.25) is 0 Å². The molecule has 0 aliphatic carbocycles. The number of fused-ring (bicyclic) bond motifs is 1. The highest BCUT2D eigenvalue weighted by atomic mass is 35.5. The standard InChI is InChI=1S/C19H17ClN2O3/c20-15-11-17-18(25-10-9-24-17)12-16(15)21-19(23)13-3-5-14(6-4-13)22-7-1-2-8-22/h1-6,11-12H,7-10H2,(H,21,23). The number of ether oxygens (including phenoxy) is 2. The maximum atomic E-state index is 12.5. The highest BCUT2D eigenvalue weighted by Crippen LogP contribution is 2.38. The number of anilines is 2. The van der Waals surface area contributed by atoms with E-state index in [0.29, 0.717) is 41.0 Å². The van der Waals surface area contributed by atoms with Crippen molar-refractivity contribution in [3.63, 3.8) is 0 Å². The molecule has 25 heavy (non-hydrogen) atoms. The van der Waals surface area contributed by atoms with Crippen LogP contribution in [0.15, 0.2) is 48.6 Å². The molecule has 2 aliphatic rings. The molecule has 6 heteroatoms. The zero-order valence-electron chi connectivity index (χ0n) is 13.5. The van der Waals surface area contributed by atoms with Gasteiger partial charge in [-0.2, -0.15) is 0 Å². The van der Waals surface area contributed by atoms with Gasteiger partial charge in [-0.25, -0.2) is 0 Å². The Balaban J connectivity index is 1.50. The van der Waals surface area contributed by atoms with E-state index in [1.807, 2.05) is 24.3 Å². The van der Waals surface area contributed by atoms with Crippen LogP contribution in [0.2, 0.25) is 5.02 Å². The summed E-state index contributed by atoms with van der Waals surface area (Å²) < 4.78 is 11.0. The van der Waals surface area contributed by atoms with Crippen LogP contribution in [-0.2, 0) is 0 Å². The summed E-state index contributed by atoms with van der Waals surface area (Å²) in [4.78, 5) is 14.7. The Labute approximate surface area is 150 Å². The van der Waals surface area contributed by atoms with E-state index < -0.39 is 0 Å². The lowest BCUT2D eigenvalue weighted by Crippen LogP contribution is -2.19. The van der Waals surface area contributed by atoms with Crippen LogP contribution in [0.4, 0.5) is 11.4 Å². The molecular formula is C19H17ClN2O3. The molecule has 0 fully saturated rings. The summed E-state index contributed by atoms with van der Waals surface area (Å²) in [5.74, 6) is 0.963. The van der Waals surface area contributed by atoms with Crippen molar-refractivity contribution in [2.24, 2.45) is 0 Å². The summed E-state index contributed by atoms with van der Waals surface area (Å²) >= 11 is 6.24. The van der Waals surface area contributed by atoms with E-state index in [1.165, 1.54) is 0 Å². The van der Waals surface area contributed by atoms with Crippen LogP contribution >= 0.6 is 11.6 Å². The van der Waals surface area contributed by atoms with E-state index in [1.54, 1.807) is 12.1 Å². The normalized spacial score (nSPS) is 15.3. The van der Waals surface area contributed by atoms with Gasteiger partial charge in [0.25, 0.3) is 5.91 Å². The molecule has 4 rings (SSSR count). The van der Waals surface area contributed by atoms with Crippen LogP contribution in [0.1, 0.15) is 10.4 Å². The Morgan fingerprint density at radius 2 is 1.64 bits per heavy atom. The third kappa shape index (κ3) is 3.28. The average molecular weight is 357 g/mol. The van der Waals surface area contributed by atoms with Crippen molar-refractivity contribution in [1.29, 1.82) is 0 Å². The first-order chi connectivity index (χ1) is 12.2. The molecule has 5 nitrogen and oxygen atoms in total. The minimum Gasteiger partial charge on any atom is -0.486 e. The second kappa shape index (κ2) is 6.69. The van der Waals surface area contributed by atoms with E-state index in [0.717, 1.165) is 18.8 Å². The largest absolute Gasteiger partial charge is 0.486 e. The molecular weight excluding hydrogens is 340 g/mol. The van der Waals surface area contributed by atoms with Crippen LogP contribution in [0.3, 0.4) is 0 Å². The molecule has 0 radical (unpaired) electrons. The van der Waals surface area contributed by atoms with Crippen molar-refractivity contribution in [2.75, 3.05) is 36.5 Å². The second-order valence-corrected chi connectivity index (χ2v) is 6.26. The van der Waals surface area contributed by atoms with E-state index in [9.17, 15) is 4.79 Å². The number of nitrogens with zero attached hydrogens (tertiary/aromatic N) is 1. The van der Waals surface area contributed by atoms with E-state index in [4.69, 9.17) is 21.1 Å². The topological polar surface area (TPSA) is 50.8 Å². The maximum Gasteiger partial charge on any atom is 0.255 e. The van der Waals surface area contributed by atoms with Crippen molar-refractivity contribution in [1.82, 2.24) is 0 Å². The average Bonchev–Trinajstić information content (AvgIpc) is 3.17. The number of carbonyl (C=O) groups is 1. The number of nitrogens with one attached hydrogen (secondary N) is 1. The molecule has 0 spiro atoms. The Kier molecular flexibility index (Phi) is 4.24. The molecule has 2 heterocycles. The number of rotatable bonds is 3. The Morgan fingerprint density at radius 3 is 2.32 bits per heavy atom. The first-order valence-electron chi connectivity index (χ1n) is 8.11. The van der Waals surface area contributed by atoms with Gasteiger partial charge in [-0.05, 0) is 24.3 Å². The third-order valence-corrected chi connectivity index (χ3v) is 4.51. The van der Waals surface area contributed by atoms with Gasteiger partial charge in [0.15, 0.2) is 11.5 Å². The lowest BCUT2D eigenvalue weighted by Gasteiger charge is -2.20. The van der Waals surface area contributed by atoms with Crippen molar-refractivity contribution < 1.29 is 14.3 Å². The van der Waals surface area contributed by atoms with Crippen LogP contribution < -0.4 is 19.7 Å². The number of carbonyl (C=O) groups excluding carboxylic acids is 1. The summed E-state index contributed by atoms with van der Waals surface area (Å²) in [6, 6.07) is 10.9. The maximum absolute atomic E-state index is 12.5. The van der Waals surface area contributed by atoms with Gasteiger partial charge < -0.3 is 19.7 Å². The van der Waals surface area contributed by atoms with E-state index in [2.05, 4.69) is 22.4 Å². The van der Waals surface area contributed by atoms with Crippen LogP contribution in [-0.4, -0.2) is 32.2 Å². The fourth-order valence-corrected chi connectivity index (χ4v) is 3.07. The van der Waals surface area contributed by atoms with Gasteiger partial charge in [-0.3, -0.25) is 4.79 Å². The lowest BCUT2D eigenvalue weighted by atomic mass is 10.1. The smallest absolute Gasteiger partial charge is 0.255 e. The van der Waals surface area contributed by atoms with Gasteiger partial charge in [-0.1, -0.05) is 23.8 Å². The van der Waals surface area contributed by atoms with Gasteiger partial charge in [0.1, 0.15) is 13.2 Å². The molecule has 128 valence electrons. The third-order valence-electron chi connectivity index (χ3n) is 4.19. The summed E-state index contributed by atoms with van der Waals surface area (Å²) in [5.41, 5.74) is 2.17.